The molecule has 0 fully saturated rings. The number of methoxy groups -OCH3 is 1. The Morgan fingerprint density at radius 3 is 2.65 bits per heavy atom. The number of aryl methyl sites for hydroxylation is 1. The first kappa shape index (κ1) is 26.9. The Morgan fingerprint density at radius 2 is 1.95 bits per heavy atom. The lowest BCUT2D eigenvalue weighted by Gasteiger charge is -2.16. The number of aromatic nitrogens is 2. The molecule has 1 heterocycles. The van der Waals surface area contributed by atoms with Gasteiger partial charge in [-0.05, 0) is 54.4 Å². The molecule has 0 aliphatic rings. The molecule has 0 amide bonds. The van der Waals surface area contributed by atoms with E-state index in [0.29, 0.717) is 51.1 Å². The number of halogens is 3. The average molecular weight is 601 g/mol. The molecule has 0 bridgehead atoms. The summed E-state index contributed by atoms with van der Waals surface area (Å²) in [7, 11) is 1.57. The van der Waals surface area contributed by atoms with Crippen molar-refractivity contribution in [3.63, 3.8) is 0 Å². The van der Waals surface area contributed by atoms with Gasteiger partial charge in [-0.15, -0.1) is 6.58 Å². The molecule has 0 unspecified atom stereocenters. The van der Waals surface area contributed by atoms with E-state index in [0.717, 1.165) is 21.2 Å². The van der Waals surface area contributed by atoms with Gasteiger partial charge in [0.2, 0.25) is 0 Å². The molecule has 0 N–H and O–H groups in total. The summed E-state index contributed by atoms with van der Waals surface area (Å²) >= 11 is 15.7. The molecule has 0 atom stereocenters. The second kappa shape index (κ2) is 11.9. The zero-order valence-corrected chi connectivity index (χ0v) is 23.4. The number of allylic oxidation sites excluding steroid dienone is 1. The fourth-order valence-electron chi connectivity index (χ4n) is 3.84. The number of hydrogen-bond donors (Lipinski definition) is 0. The molecule has 6 nitrogen and oxygen atoms in total. The van der Waals surface area contributed by atoms with Crippen molar-refractivity contribution in [3.8, 4) is 11.5 Å². The summed E-state index contributed by atoms with van der Waals surface area (Å²) in [6.45, 7) is 6.03. The van der Waals surface area contributed by atoms with Gasteiger partial charge in [-0.1, -0.05) is 58.2 Å². The Bertz CT molecular complexity index is 1570. The van der Waals surface area contributed by atoms with Gasteiger partial charge >= 0.3 is 0 Å². The normalized spacial score (nSPS) is 11.3. The molecule has 0 saturated heterocycles. The molecular formula is C28H24BrCl2N3O3. The summed E-state index contributed by atoms with van der Waals surface area (Å²) in [5, 5.41) is 6.06. The third-order valence-electron chi connectivity index (χ3n) is 5.64. The van der Waals surface area contributed by atoms with E-state index in [2.05, 4.69) is 32.6 Å². The molecule has 1 aromatic heterocycles. The number of fused-ring (bicyclic) bond motifs is 1. The van der Waals surface area contributed by atoms with Crippen molar-refractivity contribution in [3.05, 3.63) is 109 Å². The van der Waals surface area contributed by atoms with Crippen molar-refractivity contribution >= 4 is 56.2 Å². The van der Waals surface area contributed by atoms with Crippen LogP contribution in [0.4, 0.5) is 0 Å². The second-order valence-corrected chi connectivity index (χ2v) is 9.89. The largest absolute Gasteiger partial charge is 0.493 e. The summed E-state index contributed by atoms with van der Waals surface area (Å²) < 4.78 is 13.9. The van der Waals surface area contributed by atoms with Gasteiger partial charge in [0, 0.05) is 32.1 Å². The van der Waals surface area contributed by atoms with E-state index in [-0.39, 0.29) is 12.2 Å². The molecule has 0 aliphatic carbocycles. The maximum atomic E-state index is 13.2. The van der Waals surface area contributed by atoms with Gasteiger partial charge in [-0.25, -0.2) is 4.98 Å². The first-order valence-corrected chi connectivity index (χ1v) is 13.0. The highest BCUT2D eigenvalue weighted by Crippen LogP contribution is 2.34. The lowest BCUT2D eigenvalue weighted by molar-refractivity contribution is 0.282. The smallest absolute Gasteiger partial charge is 0.282 e. The minimum Gasteiger partial charge on any atom is -0.493 e. The maximum Gasteiger partial charge on any atom is 0.282 e. The van der Waals surface area contributed by atoms with Crippen molar-refractivity contribution < 1.29 is 9.47 Å². The lowest BCUT2D eigenvalue weighted by Crippen LogP contribution is -2.22. The van der Waals surface area contributed by atoms with Gasteiger partial charge in [0.1, 0.15) is 12.4 Å². The maximum absolute atomic E-state index is 13.2. The van der Waals surface area contributed by atoms with E-state index in [1.165, 1.54) is 4.68 Å². The zero-order chi connectivity index (χ0) is 26.5. The minimum absolute atomic E-state index is 0.234. The van der Waals surface area contributed by atoms with Crippen LogP contribution in [0.1, 0.15) is 29.4 Å². The summed E-state index contributed by atoms with van der Waals surface area (Å²) in [6.07, 6.45) is 4.47. The van der Waals surface area contributed by atoms with Crippen LogP contribution in [-0.4, -0.2) is 23.0 Å². The Morgan fingerprint density at radius 1 is 1.14 bits per heavy atom. The number of benzene rings is 3. The van der Waals surface area contributed by atoms with Crippen LogP contribution in [0.2, 0.25) is 10.0 Å². The number of hydrogen-bond acceptors (Lipinski definition) is 5. The predicted molar refractivity (Wildman–Crippen MR) is 154 cm³/mol. The fourth-order valence-corrected chi connectivity index (χ4v) is 4.66. The van der Waals surface area contributed by atoms with Crippen LogP contribution in [0.15, 0.2) is 75.6 Å². The van der Waals surface area contributed by atoms with Crippen molar-refractivity contribution in [1.29, 1.82) is 0 Å². The number of nitrogens with zero attached hydrogens (tertiary/aromatic N) is 3. The van der Waals surface area contributed by atoms with Crippen LogP contribution >= 0.6 is 39.1 Å². The highest BCUT2D eigenvalue weighted by Gasteiger charge is 2.15. The Kier molecular flexibility index (Phi) is 8.69. The van der Waals surface area contributed by atoms with Gasteiger partial charge in [0.25, 0.3) is 5.56 Å². The van der Waals surface area contributed by atoms with E-state index in [9.17, 15) is 4.79 Å². The van der Waals surface area contributed by atoms with E-state index in [4.69, 9.17) is 32.7 Å². The van der Waals surface area contributed by atoms with Gasteiger partial charge in [-0.2, -0.15) is 9.78 Å². The molecule has 3 aromatic carbocycles. The molecule has 37 heavy (non-hydrogen) atoms. The van der Waals surface area contributed by atoms with Crippen molar-refractivity contribution in [1.82, 2.24) is 9.66 Å². The van der Waals surface area contributed by atoms with Crippen LogP contribution in [0.3, 0.4) is 0 Å². The molecule has 4 rings (SSSR count). The predicted octanol–water partition coefficient (Wildman–Crippen LogP) is 7.23. The van der Waals surface area contributed by atoms with Crippen molar-refractivity contribution in [2.45, 2.75) is 26.4 Å². The van der Waals surface area contributed by atoms with Gasteiger partial charge in [0.15, 0.2) is 11.5 Å². The topological polar surface area (TPSA) is 65.7 Å². The first-order valence-electron chi connectivity index (χ1n) is 11.5. The fraction of sp³-hybridized carbons (Fsp3) is 0.179. The Labute approximate surface area is 233 Å². The monoisotopic (exact) mass is 599 g/mol. The number of rotatable bonds is 9. The zero-order valence-electron chi connectivity index (χ0n) is 20.3. The summed E-state index contributed by atoms with van der Waals surface area (Å²) in [5.74, 6) is 1.66. The van der Waals surface area contributed by atoms with Crippen molar-refractivity contribution in [2.75, 3.05) is 7.11 Å². The molecule has 0 aliphatic heterocycles. The molecule has 9 heteroatoms. The van der Waals surface area contributed by atoms with Crippen LogP contribution in [0.5, 0.6) is 11.5 Å². The van der Waals surface area contributed by atoms with Gasteiger partial charge in [0.05, 0.1) is 24.2 Å². The number of ether oxygens (including phenoxy) is 2. The molecule has 0 saturated carbocycles. The quantitative estimate of drug-likeness (QED) is 0.150. The molecule has 4 aromatic rings. The van der Waals surface area contributed by atoms with E-state index >= 15 is 0 Å². The van der Waals surface area contributed by atoms with Crippen LogP contribution < -0.4 is 15.0 Å². The molecule has 190 valence electrons. The van der Waals surface area contributed by atoms with Gasteiger partial charge in [-0.3, -0.25) is 4.79 Å². The second-order valence-electron chi connectivity index (χ2n) is 8.13. The SMILES string of the molecule is C=CCc1cc(C=Nn2c(CC)nc3ccc(Br)cc3c2=O)cc(OC)c1OCc1ccc(Cl)cc1Cl. The third-order valence-corrected chi connectivity index (χ3v) is 6.72. The molecular weight excluding hydrogens is 577 g/mol. The Hall–Kier alpha value is -3.13. The lowest BCUT2D eigenvalue weighted by atomic mass is 10.1. The highest BCUT2D eigenvalue weighted by atomic mass is 79.9. The highest BCUT2D eigenvalue weighted by molar-refractivity contribution is 9.10. The van der Waals surface area contributed by atoms with E-state index < -0.39 is 0 Å². The van der Waals surface area contributed by atoms with Crippen molar-refractivity contribution in [2.24, 2.45) is 5.10 Å². The van der Waals surface area contributed by atoms with Crippen LogP contribution in [0, 0.1) is 0 Å². The van der Waals surface area contributed by atoms with E-state index in [1.807, 2.05) is 31.2 Å². The van der Waals surface area contributed by atoms with Crippen LogP contribution in [-0.2, 0) is 19.4 Å². The average Bonchev–Trinajstić information content (AvgIpc) is 2.88. The first-order chi connectivity index (χ1) is 17.8. The summed E-state index contributed by atoms with van der Waals surface area (Å²) in [5.41, 5.74) is 2.77. The van der Waals surface area contributed by atoms with Crippen LogP contribution in [0.25, 0.3) is 10.9 Å². The standard InChI is InChI=1S/C28H24BrCl2N3O3/c1-4-6-18-11-17(12-25(36-3)27(18)37-16-19-7-9-21(30)14-23(19)31)15-32-34-26(5-2)33-24-10-8-20(29)13-22(24)28(34)35/h4,7-15H,1,5-6,16H2,2-3H3. The third kappa shape index (κ3) is 6.06. The summed E-state index contributed by atoms with van der Waals surface area (Å²) in [4.78, 5) is 17.8. The molecule has 0 spiro atoms. The van der Waals surface area contributed by atoms with Gasteiger partial charge < -0.3 is 9.47 Å². The minimum atomic E-state index is -0.238. The molecule has 0 radical (unpaired) electrons. The van der Waals surface area contributed by atoms with E-state index in [1.54, 1.807) is 43.7 Å². The Balaban J connectivity index is 1.71. The summed E-state index contributed by atoms with van der Waals surface area (Å²) in [6, 6.07) is 14.4.